The zero-order valence-corrected chi connectivity index (χ0v) is 16.2. The number of amides is 1. The first kappa shape index (κ1) is 16.6. The Balaban J connectivity index is 1.64. The molecule has 2 aromatic rings. The Bertz CT molecular complexity index is 814. The summed E-state index contributed by atoms with van der Waals surface area (Å²) >= 11 is 1.79. The first-order valence-corrected chi connectivity index (χ1v) is 9.93. The van der Waals surface area contributed by atoms with E-state index in [0.717, 1.165) is 29.0 Å². The van der Waals surface area contributed by atoms with Crippen LogP contribution in [0.1, 0.15) is 65.3 Å². The number of benzene rings is 1. The molecule has 4 heteroatoms. The van der Waals surface area contributed by atoms with E-state index in [9.17, 15) is 4.79 Å². The molecule has 0 saturated carbocycles. The predicted octanol–water partition coefficient (Wildman–Crippen LogP) is 5.06. The van der Waals surface area contributed by atoms with Gasteiger partial charge >= 0.3 is 0 Å². The second-order valence-corrected chi connectivity index (χ2v) is 9.58. The van der Waals surface area contributed by atoms with Crippen LogP contribution in [0.25, 0.3) is 0 Å². The third kappa shape index (κ3) is 2.97. The van der Waals surface area contributed by atoms with E-state index in [0.29, 0.717) is 11.3 Å². The average Bonchev–Trinajstić information content (AvgIpc) is 2.92. The molecule has 3 nitrogen and oxygen atoms in total. The van der Waals surface area contributed by atoms with Gasteiger partial charge in [0.25, 0.3) is 5.91 Å². The molecule has 0 fully saturated rings. The van der Waals surface area contributed by atoms with Gasteiger partial charge in [-0.3, -0.25) is 4.79 Å². The minimum atomic E-state index is -0.140. The Kier molecular flexibility index (Phi) is 3.91. The van der Waals surface area contributed by atoms with E-state index in [1.54, 1.807) is 11.3 Å². The number of thiophene rings is 1. The van der Waals surface area contributed by atoms with Gasteiger partial charge in [0.05, 0.1) is 5.56 Å². The molecule has 0 spiro atoms. The number of carbonyl (C=O) groups excluding carboxylic acids is 1. The van der Waals surface area contributed by atoms with Gasteiger partial charge in [-0.1, -0.05) is 50.6 Å². The number of anilines is 1. The molecule has 2 atom stereocenters. The zero-order valence-electron chi connectivity index (χ0n) is 15.4. The van der Waals surface area contributed by atoms with E-state index in [1.807, 2.05) is 0 Å². The molecule has 0 bridgehead atoms. The van der Waals surface area contributed by atoms with Crippen molar-refractivity contribution in [2.75, 3.05) is 5.32 Å². The fraction of sp³-hybridized carbons (Fsp3) is 0.476. The predicted molar refractivity (Wildman–Crippen MR) is 104 cm³/mol. The van der Waals surface area contributed by atoms with Crippen molar-refractivity contribution in [2.45, 2.75) is 53.1 Å². The maximum absolute atomic E-state index is 12.8. The number of fused-ring (bicyclic) bond motifs is 3. The third-order valence-electron chi connectivity index (χ3n) is 5.68. The molecule has 1 aromatic heterocycles. The van der Waals surface area contributed by atoms with Crippen LogP contribution in [0.15, 0.2) is 24.3 Å². The van der Waals surface area contributed by atoms with Crippen LogP contribution < -0.4 is 10.6 Å². The molecule has 132 valence electrons. The van der Waals surface area contributed by atoms with Crippen molar-refractivity contribution in [2.24, 2.45) is 11.3 Å². The lowest BCUT2D eigenvalue weighted by atomic mass is 9.72. The lowest BCUT2D eigenvalue weighted by Gasteiger charge is -2.34. The highest BCUT2D eigenvalue weighted by atomic mass is 32.1. The van der Waals surface area contributed by atoms with Crippen molar-refractivity contribution in [3.05, 3.63) is 51.4 Å². The van der Waals surface area contributed by atoms with E-state index in [4.69, 9.17) is 0 Å². The molecular formula is C21H26N2OS. The van der Waals surface area contributed by atoms with Gasteiger partial charge in [-0.25, -0.2) is 0 Å². The molecule has 2 aliphatic rings. The van der Waals surface area contributed by atoms with Crippen molar-refractivity contribution in [1.82, 2.24) is 5.32 Å². The third-order valence-corrected chi connectivity index (χ3v) is 6.86. The number of hydrogen-bond donors (Lipinski definition) is 2. The number of rotatable bonds is 1. The fourth-order valence-corrected chi connectivity index (χ4v) is 5.32. The van der Waals surface area contributed by atoms with Crippen LogP contribution in [0.4, 0.5) is 5.00 Å². The highest BCUT2D eigenvalue weighted by Crippen LogP contribution is 2.45. The van der Waals surface area contributed by atoms with Crippen LogP contribution in [-0.2, 0) is 12.8 Å². The Labute approximate surface area is 153 Å². The summed E-state index contributed by atoms with van der Waals surface area (Å²) in [7, 11) is 0. The minimum absolute atomic E-state index is 0.0750. The summed E-state index contributed by atoms with van der Waals surface area (Å²) in [6.07, 6.45) is 3.15. The first-order valence-electron chi connectivity index (χ1n) is 9.11. The normalized spacial score (nSPS) is 22.6. The van der Waals surface area contributed by atoms with Gasteiger partial charge in [-0.15, -0.1) is 11.3 Å². The standard InChI is InChI=1S/C21H26N2OS/c1-12-5-7-13(8-6-12)18-22-19(24)17-15-10-9-14(21(2,3)4)11-16(15)25-20(17)23-18/h5-8,14,18,23H,9-11H2,1-4H3,(H,22,24)/t14-,18+/m0/s1. The largest absolute Gasteiger partial charge is 0.353 e. The number of hydrogen-bond acceptors (Lipinski definition) is 3. The SMILES string of the molecule is Cc1ccc([C@@H]2NC(=O)c3c(sc4c3CC[C@H](C(C)(C)C)C4)N2)cc1. The smallest absolute Gasteiger partial charge is 0.256 e. The molecular weight excluding hydrogens is 328 g/mol. The van der Waals surface area contributed by atoms with Crippen molar-refractivity contribution in [3.63, 3.8) is 0 Å². The second-order valence-electron chi connectivity index (χ2n) is 8.48. The molecule has 0 saturated heterocycles. The van der Waals surface area contributed by atoms with Crippen LogP contribution in [0.3, 0.4) is 0 Å². The Morgan fingerprint density at radius 3 is 2.52 bits per heavy atom. The van der Waals surface area contributed by atoms with E-state index >= 15 is 0 Å². The van der Waals surface area contributed by atoms with Gasteiger partial charge in [0.15, 0.2) is 0 Å². The molecule has 25 heavy (non-hydrogen) atoms. The molecule has 0 radical (unpaired) electrons. The summed E-state index contributed by atoms with van der Waals surface area (Å²) < 4.78 is 0. The van der Waals surface area contributed by atoms with Crippen molar-refractivity contribution in [1.29, 1.82) is 0 Å². The summed E-state index contributed by atoms with van der Waals surface area (Å²) in [5.41, 5.74) is 4.83. The highest BCUT2D eigenvalue weighted by Gasteiger charge is 2.36. The van der Waals surface area contributed by atoms with Crippen molar-refractivity contribution >= 4 is 22.2 Å². The summed E-state index contributed by atoms with van der Waals surface area (Å²) in [5, 5.41) is 7.75. The Hall–Kier alpha value is -1.81. The van der Waals surface area contributed by atoms with Crippen LogP contribution in [0.5, 0.6) is 0 Å². The lowest BCUT2D eigenvalue weighted by molar-refractivity contribution is 0.0935. The van der Waals surface area contributed by atoms with Crippen molar-refractivity contribution < 1.29 is 4.79 Å². The van der Waals surface area contributed by atoms with Gasteiger partial charge < -0.3 is 10.6 Å². The van der Waals surface area contributed by atoms with E-state index in [1.165, 1.54) is 22.4 Å². The maximum Gasteiger partial charge on any atom is 0.256 e. The minimum Gasteiger partial charge on any atom is -0.353 e. The molecule has 1 aromatic carbocycles. The number of carbonyl (C=O) groups is 1. The quantitative estimate of drug-likeness (QED) is 0.751. The van der Waals surface area contributed by atoms with Gasteiger partial charge in [-0.05, 0) is 48.6 Å². The molecule has 1 aliphatic heterocycles. The number of nitrogens with one attached hydrogen (secondary N) is 2. The van der Waals surface area contributed by atoms with E-state index < -0.39 is 0 Å². The average molecular weight is 355 g/mol. The van der Waals surface area contributed by atoms with Gasteiger partial charge in [0, 0.05) is 4.88 Å². The first-order chi connectivity index (χ1) is 11.8. The maximum atomic E-state index is 12.8. The van der Waals surface area contributed by atoms with Gasteiger partial charge in [-0.2, -0.15) is 0 Å². The lowest BCUT2D eigenvalue weighted by Crippen LogP contribution is -2.38. The van der Waals surface area contributed by atoms with Crippen LogP contribution in [-0.4, -0.2) is 5.91 Å². The van der Waals surface area contributed by atoms with Crippen molar-refractivity contribution in [3.8, 4) is 0 Å². The van der Waals surface area contributed by atoms with E-state index in [-0.39, 0.29) is 12.1 Å². The topological polar surface area (TPSA) is 41.1 Å². The second kappa shape index (κ2) is 5.87. The van der Waals surface area contributed by atoms with Crippen LogP contribution >= 0.6 is 11.3 Å². The zero-order chi connectivity index (χ0) is 17.8. The van der Waals surface area contributed by atoms with E-state index in [2.05, 4.69) is 62.6 Å². The molecule has 1 amide bonds. The molecule has 2 N–H and O–H groups in total. The Morgan fingerprint density at radius 1 is 1.12 bits per heavy atom. The molecule has 1 aliphatic carbocycles. The molecule has 0 unspecified atom stereocenters. The summed E-state index contributed by atoms with van der Waals surface area (Å²) in [6.45, 7) is 9.06. The summed E-state index contributed by atoms with van der Waals surface area (Å²) in [4.78, 5) is 14.2. The van der Waals surface area contributed by atoms with Gasteiger partial charge in [0.1, 0.15) is 11.2 Å². The highest BCUT2D eigenvalue weighted by molar-refractivity contribution is 7.16. The molecule has 2 heterocycles. The number of aryl methyl sites for hydroxylation is 1. The monoisotopic (exact) mass is 354 g/mol. The Morgan fingerprint density at radius 2 is 1.84 bits per heavy atom. The van der Waals surface area contributed by atoms with Crippen LogP contribution in [0, 0.1) is 18.3 Å². The van der Waals surface area contributed by atoms with Crippen LogP contribution in [0.2, 0.25) is 0 Å². The molecule has 4 rings (SSSR count). The fourth-order valence-electron chi connectivity index (χ4n) is 3.96. The summed E-state index contributed by atoms with van der Waals surface area (Å²) in [6, 6.07) is 8.35. The summed E-state index contributed by atoms with van der Waals surface area (Å²) in [5.74, 6) is 0.766. The van der Waals surface area contributed by atoms with Gasteiger partial charge in [0.2, 0.25) is 0 Å².